The zero-order chi connectivity index (χ0) is 13.0. The molecule has 2 rings (SSSR count). The molecule has 2 unspecified atom stereocenters. The summed E-state index contributed by atoms with van der Waals surface area (Å²) >= 11 is 3.52. The van der Waals surface area contributed by atoms with E-state index < -0.39 is 0 Å². The third kappa shape index (κ3) is 3.32. The number of ether oxygens (including phenoxy) is 1. The first kappa shape index (κ1) is 13.5. The molecule has 0 aliphatic carbocycles. The Hall–Kier alpha value is -0.890. The number of benzene rings is 1. The molecule has 0 saturated carbocycles. The van der Waals surface area contributed by atoms with Gasteiger partial charge in [-0.15, -0.1) is 0 Å². The van der Waals surface area contributed by atoms with Crippen molar-refractivity contribution in [1.29, 1.82) is 5.26 Å². The van der Waals surface area contributed by atoms with Gasteiger partial charge in [-0.3, -0.25) is 5.32 Å². The summed E-state index contributed by atoms with van der Waals surface area (Å²) in [6.07, 6.45) is 2.46. The van der Waals surface area contributed by atoms with E-state index in [1.165, 1.54) is 5.56 Å². The topological polar surface area (TPSA) is 45.0 Å². The van der Waals surface area contributed by atoms with Crippen LogP contribution in [0.15, 0.2) is 22.7 Å². The summed E-state index contributed by atoms with van der Waals surface area (Å²) in [6, 6.07) is 8.08. The van der Waals surface area contributed by atoms with Crippen LogP contribution < -0.4 is 5.32 Å². The summed E-state index contributed by atoms with van der Waals surface area (Å²) in [5.74, 6) is 0. The second-order valence-corrected chi connectivity index (χ2v) is 5.48. The van der Waals surface area contributed by atoms with Crippen LogP contribution in [-0.4, -0.2) is 19.3 Å². The molecule has 3 nitrogen and oxygen atoms in total. The summed E-state index contributed by atoms with van der Waals surface area (Å²) in [6.45, 7) is 3.62. The van der Waals surface area contributed by atoms with Gasteiger partial charge < -0.3 is 4.74 Å². The predicted molar refractivity (Wildman–Crippen MR) is 74.2 cm³/mol. The molecule has 18 heavy (non-hydrogen) atoms. The van der Waals surface area contributed by atoms with Crippen molar-refractivity contribution in [2.75, 3.05) is 13.2 Å². The molecular formula is C14H17BrN2O. The lowest BCUT2D eigenvalue weighted by Crippen LogP contribution is -2.29. The van der Waals surface area contributed by atoms with Crippen molar-refractivity contribution >= 4 is 15.9 Å². The Morgan fingerprint density at radius 2 is 2.44 bits per heavy atom. The molecule has 1 aliphatic heterocycles. The number of hydrogen-bond donors (Lipinski definition) is 1. The van der Waals surface area contributed by atoms with Crippen molar-refractivity contribution < 1.29 is 4.74 Å². The Balaban J connectivity index is 2.01. The second-order valence-electron chi connectivity index (χ2n) is 4.63. The molecule has 1 heterocycles. The van der Waals surface area contributed by atoms with Gasteiger partial charge in [0.25, 0.3) is 0 Å². The standard InChI is InChI=1S/C14H17BrN2O/c1-10-4-5-12(13(15)7-10)14(8-16)17-9-11-3-2-6-18-11/h4-5,7,11,14,17H,2-3,6,9H2,1H3. The fraction of sp³-hybridized carbons (Fsp3) is 0.500. The zero-order valence-corrected chi connectivity index (χ0v) is 12.0. The lowest BCUT2D eigenvalue weighted by molar-refractivity contribution is 0.109. The van der Waals surface area contributed by atoms with Crippen molar-refractivity contribution in [1.82, 2.24) is 5.32 Å². The van der Waals surface area contributed by atoms with E-state index in [4.69, 9.17) is 4.74 Å². The second kappa shape index (κ2) is 6.33. The minimum absolute atomic E-state index is 0.255. The van der Waals surface area contributed by atoms with Crippen LogP contribution in [0.1, 0.15) is 30.0 Å². The van der Waals surface area contributed by atoms with Gasteiger partial charge >= 0.3 is 0 Å². The average Bonchev–Trinajstić information content (AvgIpc) is 2.85. The summed E-state index contributed by atoms with van der Waals surface area (Å²) in [5, 5.41) is 12.5. The molecule has 1 N–H and O–H groups in total. The first-order chi connectivity index (χ1) is 8.70. The molecule has 1 aromatic rings. The first-order valence-electron chi connectivity index (χ1n) is 6.21. The molecule has 1 fully saturated rings. The Morgan fingerprint density at radius 3 is 3.06 bits per heavy atom. The number of rotatable bonds is 4. The lowest BCUT2D eigenvalue weighted by Gasteiger charge is -2.16. The fourth-order valence-electron chi connectivity index (χ4n) is 2.15. The van der Waals surface area contributed by atoms with Gasteiger partial charge in [-0.2, -0.15) is 5.26 Å². The van der Waals surface area contributed by atoms with Gasteiger partial charge in [0.2, 0.25) is 0 Å². The van der Waals surface area contributed by atoms with E-state index >= 15 is 0 Å². The third-order valence-electron chi connectivity index (χ3n) is 3.17. The normalized spacial score (nSPS) is 20.6. The van der Waals surface area contributed by atoms with Gasteiger partial charge in [-0.25, -0.2) is 0 Å². The number of nitrogens with one attached hydrogen (secondary N) is 1. The number of hydrogen-bond acceptors (Lipinski definition) is 3. The van der Waals surface area contributed by atoms with Crippen molar-refractivity contribution in [2.45, 2.75) is 31.9 Å². The maximum absolute atomic E-state index is 9.27. The highest BCUT2D eigenvalue weighted by Gasteiger charge is 2.19. The Bertz CT molecular complexity index is 450. The molecule has 1 aliphatic rings. The van der Waals surface area contributed by atoms with E-state index in [1.807, 2.05) is 25.1 Å². The molecule has 96 valence electrons. The molecule has 0 radical (unpaired) electrons. The molecular weight excluding hydrogens is 292 g/mol. The highest BCUT2D eigenvalue weighted by atomic mass is 79.9. The predicted octanol–water partition coefficient (Wildman–Crippen LogP) is 3.09. The highest BCUT2D eigenvalue weighted by molar-refractivity contribution is 9.10. The first-order valence-corrected chi connectivity index (χ1v) is 7.00. The SMILES string of the molecule is Cc1ccc(C(C#N)NCC2CCCO2)c(Br)c1. The largest absolute Gasteiger partial charge is 0.377 e. The Morgan fingerprint density at radius 1 is 1.61 bits per heavy atom. The maximum Gasteiger partial charge on any atom is 0.122 e. The quantitative estimate of drug-likeness (QED) is 0.929. The molecule has 0 aromatic heterocycles. The van der Waals surface area contributed by atoms with Crippen molar-refractivity contribution in [3.63, 3.8) is 0 Å². The van der Waals surface area contributed by atoms with Crippen LogP contribution in [0.4, 0.5) is 0 Å². The van der Waals surface area contributed by atoms with E-state index in [-0.39, 0.29) is 12.1 Å². The molecule has 4 heteroatoms. The van der Waals surface area contributed by atoms with Crippen LogP contribution >= 0.6 is 15.9 Å². The number of nitrogens with zero attached hydrogens (tertiary/aromatic N) is 1. The molecule has 0 spiro atoms. The number of nitriles is 1. The van der Waals surface area contributed by atoms with Crippen LogP contribution in [-0.2, 0) is 4.74 Å². The van der Waals surface area contributed by atoms with Gasteiger partial charge in [0.15, 0.2) is 0 Å². The molecule has 0 amide bonds. The summed E-state index contributed by atoms with van der Waals surface area (Å²) in [5.41, 5.74) is 2.17. The van der Waals surface area contributed by atoms with Gasteiger partial charge in [0.1, 0.15) is 6.04 Å². The van der Waals surface area contributed by atoms with Crippen LogP contribution in [0.3, 0.4) is 0 Å². The number of halogens is 1. The fourth-order valence-corrected chi connectivity index (χ4v) is 2.87. The average molecular weight is 309 g/mol. The molecule has 0 bridgehead atoms. The van der Waals surface area contributed by atoms with Crippen LogP contribution in [0.2, 0.25) is 0 Å². The zero-order valence-electron chi connectivity index (χ0n) is 10.4. The third-order valence-corrected chi connectivity index (χ3v) is 3.86. The van der Waals surface area contributed by atoms with Crippen LogP contribution in [0.25, 0.3) is 0 Å². The summed E-state index contributed by atoms with van der Waals surface area (Å²) < 4.78 is 6.53. The lowest BCUT2D eigenvalue weighted by atomic mass is 10.1. The highest BCUT2D eigenvalue weighted by Crippen LogP contribution is 2.24. The number of aryl methyl sites for hydroxylation is 1. The Kier molecular flexibility index (Phi) is 4.76. The van der Waals surface area contributed by atoms with Crippen LogP contribution in [0, 0.1) is 18.3 Å². The summed E-state index contributed by atoms with van der Waals surface area (Å²) in [7, 11) is 0. The van der Waals surface area contributed by atoms with Gasteiger partial charge in [-0.05, 0) is 37.0 Å². The van der Waals surface area contributed by atoms with E-state index in [1.54, 1.807) is 0 Å². The molecule has 2 atom stereocenters. The summed E-state index contributed by atoms with van der Waals surface area (Å²) in [4.78, 5) is 0. The van der Waals surface area contributed by atoms with E-state index in [9.17, 15) is 5.26 Å². The minimum atomic E-state index is -0.288. The maximum atomic E-state index is 9.27. The molecule has 1 saturated heterocycles. The van der Waals surface area contributed by atoms with Crippen molar-refractivity contribution in [3.8, 4) is 6.07 Å². The Labute approximate surface area is 116 Å². The van der Waals surface area contributed by atoms with Crippen LogP contribution in [0.5, 0.6) is 0 Å². The van der Waals surface area contributed by atoms with Gasteiger partial charge in [0.05, 0.1) is 12.2 Å². The van der Waals surface area contributed by atoms with Crippen molar-refractivity contribution in [3.05, 3.63) is 33.8 Å². The van der Waals surface area contributed by atoms with Gasteiger partial charge in [-0.1, -0.05) is 28.1 Å². The monoisotopic (exact) mass is 308 g/mol. The smallest absolute Gasteiger partial charge is 0.122 e. The molecule has 1 aromatic carbocycles. The van der Waals surface area contributed by atoms with E-state index in [0.29, 0.717) is 0 Å². The van der Waals surface area contributed by atoms with Crippen molar-refractivity contribution in [2.24, 2.45) is 0 Å². The van der Waals surface area contributed by atoms with E-state index in [2.05, 4.69) is 27.3 Å². The van der Waals surface area contributed by atoms with E-state index in [0.717, 1.165) is 36.0 Å². The van der Waals surface area contributed by atoms with Gasteiger partial charge in [0, 0.05) is 17.6 Å². The minimum Gasteiger partial charge on any atom is -0.377 e.